The minimum atomic E-state index is -1.98. The summed E-state index contributed by atoms with van der Waals surface area (Å²) in [6.07, 6.45) is 13.9. The second-order valence-corrected chi connectivity index (χ2v) is 18.1. The topological polar surface area (TPSA) is 18.5 Å². The molecule has 5 atom stereocenters. The van der Waals surface area contributed by atoms with Gasteiger partial charge in [0, 0.05) is 21.9 Å². The lowest BCUT2D eigenvalue weighted by Gasteiger charge is -2.38. The van der Waals surface area contributed by atoms with Crippen molar-refractivity contribution in [3.63, 3.8) is 0 Å². The van der Waals surface area contributed by atoms with E-state index >= 15 is 0 Å². The van der Waals surface area contributed by atoms with Crippen molar-refractivity contribution in [2.24, 2.45) is 17.8 Å². The lowest BCUT2D eigenvalue weighted by atomic mass is 9.87. The number of hydrogen-bond donors (Lipinski definition) is 0. The van der Waals surface area contributed by atoms with E-state index in [0.29, 0.717) is 17.8 Å². The van der Waals surface area contributed by atoms with Crippen LogP contribution in [0.4, 0.5) is 0 Å². The van der Waals surface area contributed by atoms with Gasteiger partial charge < -0.3 is 9.16 Å². The summed E-state index contributed by atoms with van der Waals surface area (Å²) in [5, 5.41) is 1.44. The Hall–Kier alpha value is -1.88. The standard InChI is InChI=1S/C33H48O2SSi/c1-10-12-13-17-25(4)34-30-22-24(3)27(28(30)16-11-2)20-21-29(35-37(8,9)33(5,6)7)32-23-26-18-14-15-19-31(26)36-32/h10-11,14-15,18-21,23-24,27-30H,1-2,4,12-13,16-17,22H2,3,5-9H3/b21-20+/t24-,27+,28-,29-,30+/m1/s1. The van der Waals surface area contributed by atoms with Crippen molar-refractivity contribution < 1.29 is 9.16 Å². The predicted molar refractivity (Wildman–Crippen MR) is 166 cm³/mol. The largest absolute Gasteiger partial charge is 0.495 e. The Labute approximate surface area is 231 Å². The Bertz CT molecular complexity index is 1060. The molecule has 0 unspecified atom stereocenters. The fraction of sp³-hybridized carbons (Fsp3) is 0.515. The Morgan fingerprint density at radius 2 is 1.92 bits per heavy atom. The van der Waals surface area contributed by atoms with E-state index in [2.05, 4.69) is 109 Å². The van der Waals surface area contributed by atoms with Crippen LogP contribution in [0.15, 0.2) is 80.1 Å². The van der Waals surface area contributed by atoms with Gasteiger partial charge in [-0.3, -0.25) is 0 Å². The van der Waals surface area contributed by atoms with Crippen molar-refractivity contribution in [2.75, 3.05) is 0 Å². The van der Waals surface area contributed by atoms with Gasteiger partial charge in [0.1, 0.15) is 6.10 Å². The van der Waals surface area contributed by atoms with Crippen LogP contribution < -0.4 is 0 Å². The Kier molecular flexibility index (Phi) is 10.2. The molecule has 1 heterocycles. The monoisotopic (exact) mass is 536 g/mol. The Morgan fingerprint density at radius 1 is 1.19 bits per heavy atom. The number of hydrogen-bond acceptors (Lipinski definition) is 3. The zero-order valence-electron chi connectivity index (χ0n) is 24.0. The molecule has 0 spiro atoms. The van der Waals surface area contributed by atoms with Gasteiger partial charge in [-0.25, -0.2) is 0 Å². The molecule has 0 amide bonds. The zero-order valence-corrected chi connectivity index (χ0v) is 25.8. The summed E-state index contributed by atoms with van der Waals surface area (Å²) < 4.78 is 14.8. The molecule has 1 fully saturated rings. The maximum atomic E-state index is 7.04. The minimum Gasteiger partial charge on any atom is -0.495 e. The highest BCUT2D eigenvalue weighted by Gasteiger charge is 2.42. The number of ether oxygens (including phenoxy) is 1. The van der Waals surface area contributed by atoms with Crippen LogP contribution in [0, 0.1) is 17.8 Å². The highest BCUT2D eigenvalue weighted by molar-refractivity contribution is 7.19. The third-order valence-corrected chi connectivity index (χ3v) is 13.9. The summed E-state index contributed by atoms with van der Waals surface area (Å²) in [7, 11) is -1.98. The molecule has 0 N–H and O–H groups in total. The minimum absolute atomic E-state index is 0.0382. The molecule has 37 heavy (non-hydrogen) atoms. The second kappa shape index (κ2) is 12.8. The fourth-order valence-corrected chi connectivity index (χ4v) is 7.47. The lowest BCUT2D eigenvalue weighted by molar-refractivity contribution is 0.0726. The van der Waals surface area contributed by atoms with Crippen LogP contribution in [0.3, 0.4) is 0 Å². The average molecular weight is 537 g/mol. The number of fused-ring (bicyclic) bond motifs is 1. The van der Waals surface area contributed by atoms with Crippen molar-refractivity contribution in [3.8, 4) is 0 Å². The third kappa shape index (κ3) is 7.58. The highest BCUT2D eigenvalue weighted by atomic mass is 32.1. The van der Waals surface area contributed by atoms with E-state index in [-0.39, 0.29) is 17.2 Å². The summed E-state index contributed by atoms with van der Waals surface area (Å²) in [5.74, 6) is 2.25. The van der Waals surface area contributed by atoms with Crippen LogP contribution >= 0.6 is 11.3 Å². The molecule has 202 valence electrons. The van der Waals surface area contributed by atoms with Crippen LogP contribution in [0.5, 0.6) is 0 Å². The van der Waals surface area contributed by atoms with Gasteiger partial charge in [0.15, 0.2) is 8.32 Å². The first-order chi connectivity index (χ1) is 17.5. The molecule has 0 radical (unpaired) electrons. The van der Waals surface area contributed by atoms with Gasteiger partial charge in [0.25, 0.3) is 0 Å². The van der Waals surface area contributed by atoms with Gasteiger partial charge in [-0.1, -0.05) is 76.8 Å². The van der Waals surface area contributed by atoms with Crippen molar-refractivity contribution in [1.29, 1.82) is 0 Å². The smallest absolute Gasteiger partial charge is 0.193 e. The molecule has 1 aliphatic carbocycles. The molecule has 4 heteroatoms. The Morgan fingerprint density at radius 3 is 2.57 bits per heavy atom. The molecule has 1 aliphatic rings. The normalized spacial score (nSPS) is 23.4. The first-order valence-electron chi connectivity index (χ1n) is 13.9. The van der Waals surface area contributed by atoms with Gasteiger partial charge in [-0.15, -0.1) is 24.5 Å². The first-order valence-corrected chi connectivity index (χ1v) is 17.6. The summed E-state index contributed by atoms with van der Waals surface area (Å²) in [6, 6.07) is 11.0. The molecule has 0 aliphatic heterocycles. The van der Waals surface area contributed by atoms with E-state index in [0.717, 1.165) is 37.9 Å². The summed E-state index contributed by atoms with van der Waals surface area (Å²) >= 11 is 1.86. The molecule has 1 aromatic heterocycles. The summed E-state index contributed by atoms with van der Waals surface area (Å²) in [4.78, 5) is 1.29. The van der Waals surface area contributed by atoms with Crippen molar-refractivity contribution >= 4 is 29.7 Å². The molecule has 0 bridgehead atoms. The number of allylic oxidation sites excluding steroid dienone is 4. The van der Waals surface area contributed by atoms with Gasteiger partial charge in [-0.2, -0.15) is 0 Å². The Balaban J connectivity index is 1.86. The van der Waals surface area contributed by atoms with E-state index in [1.165, 1.54) is 15.0 Å². The zero-order chi connectivity index (χ0) is 27.2. The van der Waals surface area contributed by atoms with Crippen molar-refractivity contribution in [3.05, 3.63) is 85.0 Å². The molecule has 2 aromatic rings. The second-order valence-electron chi connectivity index (χ2n) is 12.2. The van der Waals surface area contributed by atoms with E-state index in [9.17, 15) is 0 Å². The number of rotatable bonds is 13. The first kappa shape index (κ1) is 29.7. The average Bonchev–Trinajstić information content (AvgIpc) is 3.37. The number of unbranched alkanes of at least 4 members (excludes halogenated alkanes) is 1. The van der Waals surface area contributed by atoms with Crippen LogP contribution in [-0.2, 0) is 9.16 Å². The highest BCUT2D eigenvalue weighted by Crippen LogP contribution is 2.45. The van der Waals surface area contributed by atoms with E-state index in [4.69, 9.17) is 9.16 Å². The van der Waals surface area contributed by atoms with Crippen molar-refractivity contribution in [2.45, 2.75) is 90.1 Å². The van der Waals surface area contributed by atoms with Crippen LogP contribution in [0.1, 0.15) is 70.8 Å². The maximum Gasteiger partial charge on any atom is 0.193 e. The fourth-order valence-electron chi connectivity index (χ4n) is 5.11. The molecule has 1 saturated carbocycles. The molecule has 3 rings (SSSR count). The quantitative estimate of drug-likeness (QED) is 0.110. The van der Waals surface area contributed by atoms with Crippen molar-refractivity contribution in [1.82, 2.24) is 0 Å². The molecule has 0 saturated heterocycles. The molecule has 2 nitrogen and oxygen atoms in total. The van der Waals surface area contributed by atoms with E-state index in [1.54, 1.807) is 0 Å². The molecular formula is C33H48O2SSi. The SMILES string of the molecule is C=CCCCC(=C)O[C@H]1C[C@@H](C)[C@H](/C=C/[C@@H](O[Si](C)(C)C(C)(C)C)c2cc3ccccc3s2)[C@H]1CC=C. The van der Waals surface area contributed by atoms with E-state index < -0.39 is 8.32 Å². The summed E-state index contributed by atoms with van der Waals surface area (Å²) in [5.41, 5.74) is 0. The van der Waals surface area contributed by atoms with Crippen LogP contribution in [0.2, 0.25) is 18.1 Å². The van der Waals surface area contributed by atoms with Gasteiger partial charge >= 0.3 is 0 Å². The maximum absolute atomic E-state index is 7.04. The van der Waals surface area contributed by atoms with E-state index in [1.807, 2.05) is 17.4 Å². The van der Waals surface area contributed by atoms with Gasteiger partial charge in [0.2, 0.25) is 0 Å². The number of benzene rings is 1. The molecule has 1 aromatic carbocycles. The predicted octanol–water partition coefficient (Wildman–Crippen LogP) is 10.6. The van der Waals surface area contributed by atoms with Gasteiger partial charge in [-0.05, 0) is 73.2 Å². The summed E-state index contributed by atoms with van der Waals surface area (Å²) in [6.45, 7) is 26.1. The lowest BCUT2D eigenvalue weighted by Crippen LogP contribution is -2.41. The van der Waals surface area contributed by atoms with Gasteiger partial charge in [0.05, 0.1) is 11.9 Å². The third-order valence-electron chi connectivity index (χ3n) is 8.31. The number of thiophene rings is 1. The molecular weight excluding hydrogens is 489 g/mol. The van der Waals surface area contributed by atoms with Crippen LogP contribution in [0.25, 0.3) is 10.1 Å². The van der Waals surface area contributed by atoms with Crippen LogP contribution in [-0.4, -0.2) is 14.4 Å².